The number of hydrogen-bond acceptors (Lipinski definition) is 2. The first-order valence-electron chi connectivity index (χ1n) is 2.96. The lowest BCUT2D eigenvalue weighted by atomic mass is 10.2. The van der Waals surface area contributed by atoms with Gasteiger partial charge in [0.15, 0.2) is 0 Å². The van der Waals surface area contributed by atoms with Crippen molar-refractivity contribution in [3.05, 3.63) is 12.3 Å². The molecule has 3 heteroatoms. The van der Waals surface area contributed by atoms with E-state index in [0.29, 0.717) is 6.61 Å². The topological polar surface area (TPSA) is 18.5 Å². The molecule has 2 aliphatic rings. The Labute approximate surface area is 58.4 Å². The molecule has 9 heavy (non-hydrogen) atoms. The number of rotatable bonds is 0. The molecule has 2 rings (SSSR count). The number of halogens is 1. The molecule has 0 N–H and O–H groups in total. The van der Waals surface area contributed by atoms with Gasteiger partial charge in [-0.05, 0) is 6.08 Å². The van der Waals surface area contributed by atoms with Gasteiger partial charge < -0.3 is 9.47 Å². The van der Waals surface area contributed by atoms with E-state index in [2.05, 4.69) is 0 Å². The van der Waals surface area contributed by atoms with Gasteiger partial charge in [0, 0.05) is 0 Å². The van der Waals surface area contributed by atoms with Gasteiger partial charge in [-0.25, -0.2) is 0 Å². The van der Waals surface area contributed by atoms with Gasteiger partial charge in [0.25, 0.3) is 0 Å². The Hall–Kier alpha value is -0.210. The first-order chi connectivity index (χ1) is 4.38. The lowest BCUT2D eigenvalue weighted by Gasteiger charge is -2.08. The van der Waals surface area contributed by atoms with Crippen molar-refractivity contribution in [2.75, 3.05) is 6.61 Å². The average molecular weight is 147 g/mol. The van der Waals surface area contributed by atoms with Gasteiger partial charge in [-0.3, -0.25) is 0 Å². The quantitative estimate of drug-likeness (QED) is 0.473. The van der Waals surface area contributed by atoms with Gasteiger partial charge in [-0.1, -0.05) is 0 Å². The van der Waals surface area contributed by atoms with E-state index in [0.717, 1.165) is 0 Å². The van der Waals surface area contributed by atoms with E-state index >= 15 is 0 Å². The third kappa shape index (κ3) is 0.740. The molecule has 0 aromatic rings. The van der Waals surface area contributed by atoms with E-state index in [1.807, 2.05) is 6.08 Å². The summed E-state index contributed by atoms with van der Waals surface area (Å²) < 4.78 is 10.4. The van der Waals surface area contributed by atoms with Crippen LogP contribution in [0.2, 0.25) is 0 Å². The Bertz CT molecular complexity index is 146. The number of fused-ring (bicyclic) bond motifs is 1. The standard InChI is InChI=1S/C6H7ClO2/c7-4-3-9-5-1-2-8-6(4)5/h1-2,4-6H,3H2. The third-order valence-corrected chi connectivity index (χ3v) is 2.01. The Morgan fingerprint density at radius 1 is 1.56 bits per heavy atom. The summed E-state index contributed by atoms with van der Waals surface area (Å²) in [6.45, 7) is 0.612. The van der Waals surface area contributed by atoms with Crippen LogP contribution in [0.5, 0.6) is 0 Å². The van der Waals surface area contributed by atoms with E-state index < -0.39 is 0 Å². The van der Waals surface area contributed by atoms with Crippen molar-refractivity contribution in [1.82, 2.24) is 0 Å². The van der Waals surface area contributed by atoms with Crippen LogP contribution in [0.25, 0.3) is 0 Å². The van der Waals surface area contributed by atoms with Crippen molar-refractivity contribution in [3.63, 3.8) is 0 Å². The fraction of sp³-hybridized carbons (Fsp3) is 0.667. The molecule has 1 fully saturated rings. The largest absolute Gasteiger partial charge is 0.494 e. The predicted octanol–water partition coefficient (Wildman–Crippen LogP) is 0.905. The van der Waals surface area contributed by atoms with Crippen LogP contribution in [0.4, 0.5) is 0 Å². The van der Waals surface area contributed by atoms with Crippen molar-refractivity contribution in [2.24, 2.45) is 0 Å². The number of hydrogen-bond donors (Lipinski definition) is 0. The average Bonchev–Trinajstić information content (AvgIpc) is 2.35. The summed E-state index contributed by atoms with van der Waals surface area (Å²) >= 11 is 5.82. The first-order valence-corrected chi connectivity index (χ1v) is 3.39. The molecule has 0 aromatic heterocycles. The highest BCUT2D eigenvalue weighted by molar-refractivity contribution is 6.21. The summed E-state index contributed by atoms with van der Waals surface area (Å²) in [7, 11) is 0. The molecule has 0 bridgehead atoms. The van der Waals surface area contributed by atoms with Crippen LogP contribution in [-0.4, -0.2) is 24.2 Å². The molecule has 1 saturated heterocycles. The molecule has 2 nitrogen and oxygen atoms in total. The van der Waals surface area contributed by atoms with Crippen molar-refractivity contribution in [3.8, 4) is 0 Å². The molecule has 3 atom stereocenters. The van der Waals surface area contributed by atoms with Crippen molar-refractivity contribution < 1.29 is 9.47 Å². The third-order valence-electron chi connectivity index (χ3n) is 1.63. The molecule has 0 radical (unpaired) electrons. The molecule has 0 aromatic carbocycles. The molecule has 0 aliphatic carbocycles. The van der Waals surface area contributed by atoms with E-state index in [1.54, 1.807) is 6.26 Å². The van der Waals surface area contributed by atoms with Crippen LogP contribution < -0.4 is 0 Å². The predicted molar refractivity (Wildman–Crippen MR) is 33.4 cm³/mol. The fourth-order valence-electron chi connectivity index (χ4n) is 1.14. The molecule has 3 unspecified atom stereocenters. The zero-order valence-corrected chi connectivity index (χ0v) is 5.54. The summed E-state index contributed by atoms with van der Waals surface area (Å²) in [4.78, 5) is 0. The second kappa shape index (κ2) is 1.89. The molecule has 2 heterocycles. The molecule has 2 aliphatic heterocycles. The van der Waals surface area contributed by atoms with Crippen LogP contribution in [0.15, 0.2) is 12.3 Å². The Morgan fingerprint density at radius 2 is 2.44 bits per heavy atom. The number of alkyl halides is 1. The molecule has 0 saturated carbocycles. The van der Waals surface area contributed by atoms with Gasteiger partial charge in [-0.15, -0.1) is 11.6 Å². The van der Waals surface area contributed by atoms with Crippen molar-refractivity contribution in [1.29, 1.82) is 0 Å². The monoisotopic (exact) mass is 146 g/mol. The van der Waals surface area contributed by atoms with E-state index in [4.69, 9.17) is 21.1 Å². The second-order valence-electron chi connectivity index (χ2n) is 2.24. The maximum atomic E-state index is 5.82. The maximum absolute atomic E-state index is 5.82. The van der Waals surface area contributed by atoms with Gasteiger partial charge in [0.1, 0.15) is 12.2 Å². The van der Waals surface area contributed by atoms with Gasteiger partial charge in [0.2, 0.25) is 0 Å². The van der Waals surface area contributed by atoms with Gasteiger partial charge >= 0.3 is 0 Å². The second-order valence-corrected chi connectivity index (χ2v) is 2.80. The van der Waals surface area contributed by atoms with E-state index in [9.17, 15) is 0 Å². The molecule has 0 spiro atoms. The SMILES string of the molecule is ClC1COC2C=COC12. The zero-order valence-electron chi connectivity index (χ0n) is 4.79. The van der Waals surface area contributed by atoms with Crippen molar-refractivity contribution >= 4 is 11.6 Å². The fourth-order valence-corrected chi connectivity index (χ4v) is 1.42. The molecule has 0 amide bonds. The highest BCUT2D eigenvalue weighted by Crippen LogP contribution is 2.27. The Kier molecular flexibility index (Phi) is 1.17. The smallest absolute Gasteiger partial charge is 0.146 e. The van der Waals surface area contributed by atoms with Gasteiger partial charge in [-0.2, -0.15) is 0 Å². The molecular formula is C6H7ClO2. The number of ether oxygens (including phenoxy) is 2. The summed E-state index contributed by atoms with van der Waals surface area (Å²) in [5.41, 5.74) is 0. The van der Waals surface area contributed by atoms with Crippen LogP contribution in [0.3, 0.4) is 0 Å². The minimum absolute atomic E-state index is 0.0324. The maximum Gasteiger partial charge on any atom is 0.146 e. The zero-order chi connectivity index (χ0) is 6.27. The normalized spacial score (nSPS) is 47.0. The van der Waals surface area contributed by atoms with E-state index in [-0.39, 0.29) is 17.6 Å². The van der Waals surface area contributed by atoms with Gasteiger partial charge in [0.05, 0.1) is 18.2 Å². The molecular weight excluding hydrogens is 140 g/mol. The van der Waals surface area contributed by atoms with Crippen LogP contribution in [0, 0.1) is 0 Å². The Balaban J connectivity index is 2.13. The highest BCUT2D eigenvalue weighted by Gasteiger charge is 2.38. The lowest BCUT2D eigenvalue weighted by molar-refractivity contribution is 0.0905. The summed E-state index contributed by atoms with van der Waals surface area (Å²) in [5, 5.41) is 0.0324. The summed E-state index contributed by atoms with van der Waals surface area (Å²) in [6.07, 6.45) is 3.75. The minimum atomic E-state index is 0.0324. The minimum Gasteiger partial charge on any atom is -0.494 e. The Morgan fingerprint density at radius 3 is 3.22 bits per heavy atom. The van der Waals surface area contributed by atoms with Crippen LogP contribution in [0.1, 0.15) is 0 Å². The summed E-state index contributed by atoms with van der Waals surface area (Å²) in [5.74, 6) is 0. The molecule has 50 valence electrons. The van der Waals surface area contributed by atoms with Crippen LogP contribution >= 0.6 is 11.6 Å². The highest BCUT2D eigenvalue weighted by atomic mass is 35.5. The first kappa shape index (κ1) is 5.57. The van der Waals surface area contributed by atoms with Crippen LogP contribution in [-0.2, 0) is 9.47 Å². The summed E-state index contributed by atoms with van der Waals surface area (Å²) in [6, 6.07) is 0. The van der Waals surface area contributed by atoms with Crippen molar-refractivity contribution in [2.45, 2.75) is 17.6 Å². The lowest BCUT2D eigenvalue weighted by Crippen LogP contribution is -2.22. The van der Waals surface area contributed by atoms with E-state index in [1.165, 1.54) is 0 Å².